The molecule has 0 spiro atoms. The molecule has 1 aliphatic rings. The zero-order valence-electron chi connectivity index (χ0n) is 14.0. The van der Waals surface area contributed by atoms with Crippen LogP contribution in [0.15, 0.2) is 30.3 Å². The minimum Gasteiger partial charge on any atom is -0.354 e. The van der Waals surface area contributed by atoms with Gasteiger partial charge < -0.3 is 16.0 Å². The van der Waals surface area contributed by atoms with Gasteiger partial charge in [0.2, 0.25) is 5.91 Å². The SMILES string of the molecule is CN(C)C1(CNC(=O)CC(N)c2ccccc2)CCCC1.Cl.Cl. The van der Waals surface area contributed by atoms with Crippen molar-refractivity contribution < 1.29 is 4.79 Å². The maximum atomic E-state index is 12.1. The van der Waals surface area contributed by atoms with E-state index in [9.17, 15) is 4.79 Å². The first-order valence-electron chi connectivity index (χ1n) is 7.78. The Hall–Kier alpha value is -0.810. The standard InChI is InChI=1S/C17H27N3O.2ClH/c1-20(2)17(10-6-7-11-17)13-19-16(21)12-15(18)14-8-4-3-5-9-14;;/h3-5,8-9,15H,6-7,10-13,18H2,1-2H3,(H,19,21);2*1H. The van der Waals surface area contributed by atoms with Gasteiger partial charge in [0.05, 0.1) is 0 Å². The number of nitrogens with zero attached hydrogens (tertiary/aromatic N) is 1. The lowest BCUT2D eigenvalue weighted by Crippen LogP contribution is -2.51. The van der Waals surface area contributed by atoms with Crippen molar-refractivity contribution in [1.29, 1.82) is 0 Å². The predicted octanol–water partition coefficient (Wildman–Crippen LogP) is 2.91. The van der Waals surface area contributed by atoms with E-state index in [0.29, 0.717) is 6.42 Å². The first-order valence-corrected chi connectivity index (χ1v) is 7.78. The fourth-order valence-corrected chi connectivity index (χ4v) is 3.17. The second-order valence-corrected chi connectivity index (χ2v) is 6.32. The Balaban J connectivity index is 0.00000242. The van der Waals surface area contributed by atoms with E-state index in [1.165, 1.54) is 12.8 Å². The van der Waals surface area contributed by atoms with Gasteiger partial charge >= 0.3 is 0 Å². The third-order valence-electron chi connectivity index (χ3n) is 4.73. The Morgan fingerprint density at radius 3 is 2.30 bits per heavy atom. The summed E-state index contributed by atoms with van der Waals surface area (Å²) in [4.78, 5) is 14.4. The van der Waals surface area contributed by atoms with Gasteiger partial charge in [0.25, 0.3) is 0 Å². The summed E-state index contributed by atoms with van der Waals surface area (Å²) < 4.78 is 0. The first kappa shape index (κ1) is 22.2. The van der Waals surface area contributed by atoms with Crippen molar-refractivity contribution in [2.24, 2.45) is 5.73 Å². The summed E-state index contributed by atoms with van der Waals surface area (Å²) in [5.41, 5.74) is 7.24. The molecule has 0 saturated heterocycles. The van der Waals surface area contributed by atoms with E-state index in [2.05, 4.69) is 24.3 Å². The molecule has 6 heteroatoms. The highest BCUT2D eigenvalue weighted by Gasteiger charge is 2.36. The van der Waals surface area contributed by atoms with Crippen LogP contribution < -0.4 is 11.1 Å². The summed E-state index contributed by atoms with van der Waals surface area (Å²) >= 11 is 0. The van der Waals surface area contributed by atoms with E-state index in [4.69, 9.17) is 5.73 Å². The summed E-state index contributed by atoms with van der Waals surface area (Å²) in [7, 11) is 4.21. The predicted molar refractivity (Wildman–Crippen MR) is 100 cm³/mol. The zero-order chi connectivity index (χ0) is 15.3. The minimum absolute atomic E-state index is 0. The van der Waals surface area contributed by atoms with Gasteiger partial charge in [0, 0.05) is 24.5 Å². The number of nitrogens with one attached hydrogen (secondary N) is 1. The molecule has 0 heterocycles. The molecule has 4 nitrogen and oxygen atoms in total. The van der Waals surface area contributed by atoms with E-state index >= 15 is 0 Å². The number of likely N-dealkylation sites (N-methyl/N-ethyl adjacent to an activating group) is 1. The van der Waals surface area contributed by atoms with E-state index in [0.717, 1.165) is 24.9 Å². The topological polar surface area (TPSA) is 58.4 Å². The molecule has 0 bridgehead atoms. The highest BCUT2D eigenvalue weighted by Crippen LogP contribution is 2.33. The molecule has 1 aromatic carbocycles. The number of nitrogens with two attached hydrogens (primary N) is 1. The minimum atomic E-state index is -0.231. The third-order valence-corrected chi connectivity index (χ3v) is 4.73. The molecule has 1 unspecified atom stereocenters. The summed E-state index contributed by atoms with van der Waals surface area (Å²) in [5.74, 6) is 0.0412. The van der Waals surface area contributed by atoms with Gasteiger partial charge in [-0.2, -0.15) is 0 Å². The Morgan fingerprint density at radius 1 is 1.22 bits per heavy atom. The number of hydrogen-bond acceptors (Lipinski definition) is 3. The molecule has 0 aromatic heterocycles. The monoisotopic (exact) mass is 361 g/mol. The molecule has 0 radical (unpaired) electrons. The van der Waals surface area contributed by atoms with Crippen LogP contribution in [-0.4, -0.2) is 37.0 Å². The lowest BCUT2D eigenvalue weighted by molar-refractivity contribution is -0.122. The van der Waals surface area contributed by atoms with Gasteiger partial charge in [0.15, 0.2) is 0 Å². The molecular weight excluding hydrogens is 333 g/mol. The molecule has 0 aliphatic heterocycles. The van der Waals surface area contributed by atoms with Crippen molar-refractivity contribution in [3.8, 4) is 0 Å². The summed E-state index contributed by atoms with van der Waals surface area (Å²) in [6.07, 6.45) is 5.15. The van der Waals surface area contributed by atoms with Crippen LogP contribution in [0.3, 0.4) is 0 Å². The third kappa shape index (κ3) is 5.96. The van der Waals surface area contributed by atoms with Gasteiger partial charge in [-0.05, 0) is 32.5 Å². The van der Waals surface area contributed by atoms with Crippen molar-refractivity contribution in [2.45, 2.75) is 43.7 Å². The number of rotatable bonds is 6. The molecule has 132 valence electrons. The molecule has 1 fully saturated rings. The van der Waals surface area contributed by atoms with Crippen LogP contribution in [-0.2, 0) is 4.79 Å². The van der Waals surface area contributed by atoms with Crippen LogP contribution in [0.2, 0.25) is 0 Å². The highest BCUT2D eigenvalue weighted by atomic mass is 35.5. The van der Waals surface area contributed by atoms with Crippen molar-refractivity contribution in [1.82, 2.24) is 10.2 Å². The fourth-order valence-electron chi connectivity index (χ4n) is 3.17. The van der Waals surface area contributed by atoms with Crippen LogP contribution >= 0.6 is 24.8 Å². The lowest BCUT2D eigenvalue weighted by atomic mass is 9.95. The molecule has 1 aromatic rings. The number of hydrogen-bond donors (Lipinski definition) is 2. The quantitative estimate of drug-likeness (QED) is 0.818. The van der Waals surface area contributed by atoms with Crippen molar-refractivity contribution >= 4 is 30.7 Å². The Morgan fingerprint density at radius 2 is 1.78 bits per heavy atom. The van der Waals surface area contributed by atoms with Gasteiger partial charge in [-0.1, -0.05) is 43.2 Å². The molecular formula is C17H29Cl2N3O. The van der Waals surface area contributed by atoms with Crippen LogP contribution in [0, 0.1) is 0 Å². The molecule has 1 amide bonds. The lowest BCUT2D eigenvalue weighted by Gasteiger charge is -2.36. The Kier molecular flexibility index (Phi) is 9.78. The summed E-state index contributed by atoms with van der Waals surface area (Å²) in [6, 6.07) is 9.56. The number of carbonyl (C=O) groups excluding carboxylic acids is 1. The van der Waals surface area contributed by atoms with E-state index in [-0.39, 0.29) is 42.3 Å². The maximum absolute atomic E-state index is 12.1. The highest BCUT2D eigenvalue weighted by molar-refractivity contribution is 5.85. The van der Waals surface area contributed by atoms with E-state index in [1.54, 1.807) is 0 Å². The normalized spacial score (nSPS) is 17.0. The number of benzene rings is 1. The first-order chi connectivity index (χ1) is 10.0. The van der Waals surface area contributed by atoms with Crippen molar-refractivity contribution in [3.63, 3.8) is 0 Å². The van der Waals surface area contributed by atoms with E-state index < -0.39 is 0 Å². The van der Waals surface area contributed by atoms with Crippen LogP contribution in [0.25, 0.3) is 0 Å². The van der Waals surface area contributed by atoms with E-state index in [1.807, 2.05) is 30.3 Å². The number of amides is 1. The van der Waals surface area contributed by atoms with Gasteiger partial charge in [-0.15, -0.1) is 24.8 Å². The van der Waals surface area contributed by atoms with Crippen LogP contribution in [0.5, 0.6) is 0 Å². The average molecular weight is 362 g/mol. The maximum Gasteiger partial charge on any atom is 0.221 e. The Labute approximate surface area is 152 Å². The van der Waals surface area contributed by atoms with Crippen molar-refractivity contribution in [3.05, 3.63) is 35.9 Å². The molecule has 2 rings (SSSR count). The molecule has 23 heavy (non-hydrogen) atoms. The molecule has 1 saturated carbocycles. The zero-order valence-corrected chi connectivity index (χ0v) is 15.6. The smallest absolute Gasteiger partial charge is 0.221 e. The number of halogens is 2. The van der Waals surface area contributed by atoms with Crippen LogP contribution in [0.4, 0.5) is 0 Å². The molecule has 3 N–H and O–H groups in total. The molecule has 1 aliphatic carbocycles. The second kappa shape index (κ2) is 10.1. The van der Waals surface area contributed by atoms with Gasteiger partial charge in [0.1, 0.15) is 0 Å². The average Bonchev–Trinajstić information content (AvgIpc) is 2.96. The number of carbonyl (C=O) groups is 1. The van der Waals surface area contributed by atoms with Crippen molar-refractivity contribution in [2.75, 3.05) is 20.6 Å². The molecule has 1 atom stereocenters. The van der Waals surface area contributed by atoms with Gasteiger partial charge in [-0.3, -0.25) is 4.79 Å². The largest absolute Gasteiger partial charge is 0.354 e. The van der Waals surface area contributed by atoms with Crippen LogP contribution in [0.1, 0.15) is 43.7 Å². The summed E-state index contributed by atoms with van der Waals surface area (Å²) in [6.45, 7) is 0.723. The Bertz CT molecular complexity index is 462. The summed E-state index contributed by atoms with van der Waals surface area (Å²) in [5, 5.41) is 3.09. The fraction of sp³-hybridized carbons (Fsp3) is 0.588. The second-order valence-electron chi connectivity index (χ2n) is 6.32. The van der Waals surface area contributed by atoms with Gasteiger partial charge in [-0.25, -0.2) is 0 Å².